The molecule has 2 fully saturated rings. The molecule has 2 aliphatic rings. The number of benzene rings is 1. The van der Waals surface area contributed by atoms with Crippen LogP contribution in [0.5, 0.6) is 0 Å². The zero-order chi connectivity index (χ0) is 19.1. The number of nitrogens with zero attached hydrogens (tertiary/aromatic N) is 4. The molecule has 1 aromatic carbocycles. The second-order valence-corrected chi connectivity index (χ2v) is 8.27. The van der Waals surface area contributed by atoms with Crippen molar-refractivity contribution in [2.45, 2.75) is 39.3 Å². The summed E-state index contributed by atoms with van der Waals surface area (Å²) in [5.74, 6) is 1.81. The van der Waals surface area contributed by atoms with E-state index in [0.29, 0.717) is 6.04 Å². The zero-order valence-corrected chi connectivity index (χ0v) is 20.1. The number of piperazine rings is 1. The fourth-order valence-corrected chi connectivity index (χ4v) is 4.26. The van der Waals surface area contributed by atoms with Crippen molar-refractivity contribution in [1.29, 1.82) is 0 Å². The monoisotopic (exact) mass is 499 g/mol. The Bertz CT molecular complexity index is 584. The summed E-state index contributed by atoms with van der Waals surface area (Å²) >= 11 is 0. The summed E-state index contributed by atoms with van der Waals surface area (Å²) in [5, 5.41) is 3.66. The number of aliphatic imine (C=N–C) groups is 1. The standard InChI is InChI=1S/C22H37N5.HI/c1-19(2)27-11-7-10-21(18-27)16-24-22(23-3)26-14-12-25(13-15-26)17-20-8-5-4-6-9-20;/h4-6,8-9,19,21H,7,10-18H2,1-3H3,(H,23,24);1H. The van der Waals surface area contributed by atoms with Crippen LogP contribution in [0.2, 0.25) is 0 Å². The van der Waals surface area contributed by atoms with Crippen molar-refractivity contribution in [3.05, 3.63) is 35.9 Å². The van der Waals surface area contributed by atoms with Gasteiger partial charge in [-0.25, -0.2) is 0 Å². The number of rotatable bonds is 5. The number of halogens is 1. The molecule has 3 rings (SSSR count). The van der Waals surface area contributed by atoms with E-state index >= 15 is 0 Å². The van der Waals surface area contributed by atoms with Crippen LogP contribution in [0.1, 0.15) is 32.3 Å². The van der Waals surface area contributed by atoms with Crippen molar-refractivity contribution in [1.82, 2.24) is 20.0 Å². The summed E-state index contributed by atoms with van der Waals surface area (Å²) in [4.78, 5) is 12.1. The molecule has 0 aromatic heterocycles. The Labute approximate surface area is 188 Å². The topological polar surface area (TPSA) is 34.1 Å². The molecule has 0 spiro atoms. The molecule has 0 aliphatic carbocycles. The maximum absolute atomic E-state index is 4.56. The van der Waals surface area contributed by atoms with Gasteiger partial charge in [-0.15, -0.1) is 24.0 Å². The highest BCUT2D eigenvalue weighted by molar-refractivity contribution is 14.0. The molecule has 1 N–H and O–H groups in total. The minimum absolute atomic E-state index is 0. The second-order valence-electron chi connectivity index (χ2n) is 8.27. The van der Waals surface area contributed by atoms with Crippen LogP contribution in [-0.2, 0) is 6.54 Å². The van der Waals surface area contributed by atoms with Crippen LogP contribution in [0.25, 0.3) is 0 Å². The lowest BCUT2D eigenvalue weighted by molar-refractivity contribution is 0.139. The third kappa shape index (κ3) is 6.88. The van der Waals surface area contributed by atoms with Crippen LogP contribution in [-0.4, -0.2) is 79.6 Å². The first-order valence-electron chi connectivity index (χ1n) is 10.6. The quantitative estimate of drug-likeness (QED) is 0.384. The smallest absolute Gasteiger partial charge is 0.193 e. The summed E-state index contributed by atoms with van der Waals surface area (Å²) in [6.45, 7) is 13.5. The molecule has 2 heterocycles. The van der Waals surface area contributed by atoms with Crippen LogP contribution < -0.4 is 5.32 Å². The molecule has 1 atom stereocenters. The third-order valence-electron chi connectivity index (χ3n) is 5.96. The van der Waals surface area contributed by atoms with Gasteiger partial charge in [-0.2, -0.15) is 0 Å². The van der Waals surface area contributed by atoms with E-state index in [1.165, 1.54) is 31.5 Å². The highest BCUT2D eigenvalue weighted by atomic mass is 127. The molecule has 0 radical (unpaired) electrons. The van der Waals surface area contributed by atoms with Crippen molar-refractivity contribution >= 4 is 29.9 Å². The van der Waals surface area contributed by atoms with Gasteiger partial charge in [-0.3, -0.25) is 9.89 Å². The van der Waals surface area contributed by atoms with Crippen molar-refractivity contribution in [2.24, 2.45) is 10.9 Å². The molecule has 0 saturated carbocycles. The number of nitrogens with one attached hydrogen (secondary N) is 1. The van der Waals surface area contributed by atoms with Crippen molar-refractivity contribution in [2.75, 3.05) is 52.9 Å². The molecule has 158 valence electrons. The van der Waals surface area contributed by atoms with E-state index in [-0.39, 0.29) is 24.0 Å². The lowest BCUT2D eigenvalue weighted by Crippen LogP contribution is -2.53. The Morgan fingerprint density at radius 1 is 1.11 bits per heavy atom. The molecule has 0 amide bonds. The highest BCUT2D eigenvalue weighted by Crippen LogP contribution is 2.18. The summed E-state index contributed by atoms with van der Waals surface area (Å²) in [6.07, 6.45) is 2.65. The molecule has 2 aliphatic heterocycles. The Balaban J connectivity index is 0.00000280. The summed E-state index contributed by atoms with van der Waals surface area (Å²) < 4.78 is 0. The molecule has 2 saturated heterocycles. The Kier molecular flexibility index (Phi) is 10.0. The normalized spacial score (nSPS) is 22.2. The predicted octanol–water partition coefficient (Wildman–Crippen LogP) is 3.12. The Morgan fingerprint density at radius 2 is 1.82 bits per heavy atom. The Hall–Kier alpha value is -0.860. The molecule has 6 heteroatoms. The van der Waals surface area contributed by atoms with Gasteiger partial charge in [0, 0.05) is 58.9 Å². The molecule has 1 unspecified atom stereocenters. The number of likely N-dealkylation sites (tertiary alicyclic amines) is 1. The maximum Gasteiger partial charge on any atom is 0.193 e. The van der Waals surface area contributed by atoms with E-state index < -0.39 is 0 Å². The molecule has 5 nitrogen and oxygen atoms in total. The lowest BCUT2D eigenvalue weighted by atomic mass is 9.97. The summed E-state index contributed by atoms with van der Waals surface area (Å²) in [5.41, 5.74) is 1.40. The molecular weight excluding hydrogens is 461 g/mol. The number of hydrogen-bond donors (Lipinski definition) is 1. The minimum Gasteiger partial charge on any atom is -0.356 e. The van der Waals surface area contributed by atoms with Crippen LogP contribution in [0, 0.1) is 5.92 Å². The van der Waals surface area contributed by atoms with E-state index in [4.69, 9.17) is 0 Å². The lowest BCUT2D eigenvalue weighted by Gasteiger charge is -2.38. The molecule has 0 bridgehead atoms. The first-order valence-corrected chi connectivity index (χ1v) is 10.6. The van der Waals surface area contributed by atoms with Crippen molar-refractivity contribution in [3.63, 3.8) is 0 Å². The first kappa shape index (κ1) is 23.4. The van der Waals surface area contributed by atoms with Gasteiger partial charge in [0.05, 0.1) is 0 Å². The summed E-state index contributed by atoms with van der Waals surface area (Å²) in [6, 6.07) is 11.4. The van der Waals surface area contributed by atoms with Gasteiger partial charge >= 0.3 is 0 Å². The fourth-order valence-electron chi connectivity index (χ4n) is 4.26. The second kappa shape index (κ2) is 12.0. The van der Waals surface area contributed by atoms with Crippen LogP contribution >= 0.6 is 24.0 Å². The Morgan fingerprint density at radius 3 is 2.46 bits per heavy atom. The number of guanidine groups is 1. The zero-order valence-electron chi connectivity index (χ0n) is 17.8. The molecule has 1 aromatic rings. The fraction of sp³-hybridized carbons (Fsp3) is 0.682. The van der Waals surface area contributed by atoms with E-state index in [2.05, 4.69) is 69.2 Å². The van der Waals surface area contributed by atoms with Crippen molar-refractivity contribution < 1.29 is 0 Å². The highest BCUT2D eigenvalue weighted by Gasteiger charge is 2.23. The van der Waals surface area contributed by atoms with Crippen LogP contribution in [0.15, 0.2) is 35.3 Å². The van der Waals surface area contributed by atoms with E-state index in [9.17, 15) is 0 Å². The molecule has 28 heavy (non-hydrogen) atoms. The van der Waals surface area contributed by atoms with E-state index in [1.54, 1.807) is 0 Å². The van der Waals surface area contributed by atoms with Crippen LogP contribution in [0.4, 0.5) is 0 Å². The van der Waals surface area contributed by atoms with Gasteiger partial charge in [0.15, 0.2) is 5.96 Å². The SMILES string of the molecule is CN=C(NCC1CCCN(C(C)C)C1)N1CCN(Cc2ccccc2)CC1.I. The minimum atomic E-state index is 0. The average molecular weight is 499 g/mol. The van der Waals surface area contributed by atoms with Gasteiger partial charge in [0.1, 0.15) is 0 Å². The number of hydrogen-bond acceptors (Lipinski definition) is 3. The summed E-state index contributed by atoms with van der Waals surface area (Å²) in [7, 11) is 1.92. The van der Waals surface area contributed by atoms with E-state index in [1.807, 2.05) is 7.05 Å². The molecular formula is C22H38IN5. The third-order valence-corrected chi connectivity index (χ3v) is 5.96. The van der Waals surface area contributed by atoms with Gasteiger partial charge in [0.25, 0.3) is 0 Å². The number of piperidine rings is 1. The average Bonchev–Trinajstić information content (AvgIpc) is 2.70. The van der Waals surface area contributed by atoms with Gasteiger partial charge in [-0.1, -0.05) is 30.3 Å². The van der Waals surface area contributed by atoms with Gasteiger partial charge in [-0.05, 0) is 44.7 Å². The van der Waals surface area contributed by atoms with Crippen LogP contribution in [0.3, 0.4) is 0 Å². The predicted molar refractivity (Wildman–Crippen MR) is 130 cm³/mol. The maximum atomic E-state index is 4.56. The first-order chi connectivity index (χ1) is 13.2. The van der Waals surface area contributed by atoms with Gasteiger partial charge < -0.3 is 15.1 Å². The van der Waals surface area contributed by atoms with Crippen molar-refractivity contribution in [3.8, 4) is 0 Å². The van der Waals surface area contributed by atoms with E-state index in [0.717, 1.165) is 51.1 Å². The largest absolute Gasteiger partial charge is 0.356 e. The van der Waals surface area contributed by atoms with Gasteiger partial charge in [0.2, 0.25) is 0 Å².